The molecule has 0 saturated carbocycles. The Balaban J connectivity index is 1.38. The van der Waals surface area contributed by atoms with Crippen LogP contribution in [0.2, 0.25) is 0 Å². The molecule has 1 N–H and O–H groups in total. The first-order valence-corrected chi connectivity index (χ1v) is 23.1. The van der Waals surface area contributed by atoms with Gasteiger partial charge in [0.1, 0.15) is 11.6 Å². The van der Waals surface area contributed by atoms with E-state index < -0.39 is 83.2 Å². The summed E-state index contributed by atoms with van der Waals surface area (Å²) in [7, 11) is 0. The lowest BCUT2D eigenvalue weighted by Gasteiger charge is -2.22. The van der Waals surface area contributed by atoms with Crippen molar-refractivity contribution in [2.24, 2.45) is 0 Å². The highest BCUT2D eigenvalue weighted by atomic mass is 16.3. The summed E-state index contributed by atoms with van der Waals surface area (Å²) in [6, 6.07) is 33.8. The average molecular weight is 904 g/mol. The van der Waals surface area contributed by atoms with Crippen LogP contribution in [0.1, 0.15) is 131 Å². The Hall–Kier alpha value is -7.04. The fraction of sp³-hybridized carbons (Fsp3) is 0.250. The quantitative estimate of drug-likeness (QED) is 0.157. The van der Waals surface area contributed by atoms with Gasteiger partial charge in [0.25, 0.3) is 0 Å². The van der Waals surface area contributed by atoms with Crippen molar-refractivity contribution in [3.63, 3.8) is 0 Å². The third-order valence-electron chi connectivity index (χ3n) is 12.7. The number of pyridine rings is 1. The van der Waals surface area contributed by atoms with Crippen LogP contribution in [0, 0.1) is 13.8 Å². The molecule has 0 spiro atoms. The minimum atomic E-state index is -2.99. The molecule has 9 aromatic rings. The van der Waals surface area contributed by atoms with E-state index in [0.717, 1.165) is 39.1 Å². The number of imidazole rings is 1. The van der Waals surface area contributed by atoms with Gasteiger partial charge in [-0.3, -0.25) is 9.55 Å². The first-order chi connectivity index (χ1) is 37.1. The topological polar surface area (TPSA) is 50.9 Å². The minimum Gasteiger partial charge on any atom is -0.507 e. The van der Waals surface area contributed by atoms with Crippen LogP contribution in [0.15, 0.2) is 158 Å². The molecule has 0 fully saturated rings. The van der Waals surface area contributed by atoms with E-state index in [1.165, 1.54) is 5.56 Å². The first kappa shape index (κ1) is 33.4. The molecule has 0 aliphatic rings. The molecule has 0 radical (unpaired) electrons. The van der Waals surface area contributed by atoms with Gasteiger partial charge in [0.2, 0.25) is 0 Å². The average Bonchev–Trinajstić information content (AvgIpc) is 3.76. The van der Waals surface area contributed by atoms with E-state index in [0.29, 0.717) is 50.2 Å². The van der Waals surface area contributed by atoms with E-state index in [2.05, 4.69) is 81.2 Å². The van der Waals surface area contributed by atoms with Crippen molar-refractivity contribution in [1.29, 1.82) is 0 Å². The summed E-state index contributed by atoms with van der Waals surface area (Å²) in [5.74, 6) is -2.24. The van der Waals surface area contributed by atoms with Crippen LogP contribution in [-0.4, -0.2) is 19.6 Å². The number of phenols is 1. The molecule has 0 unspecified atom stereocenters. The molecule has 2 aromatic heterocycles. The highest BCUT2D eigenvalue weighted by Crippen LogP contribution is 2.45. The first-order valence-electron chi connectivity index (χ1n) is 29.1. The smallest absolute Gasteiger partial charge is 0.149 e. The molecule has 0 amide bonds. The summed E-state index contributed by atoms with van der Waals surface area (Å²) in [5, 5.41) is 12.6. The zero-order valence-corrected chi connectivity index (χ0v) is 40.8. The number of aromatic hydroxyl groups is 1. The molecular formula is C64H65N3O. The van der Waals surface area contributed by atoms with E-state index in [1.54, 1.807) is 45.9 Å². The van der Waals surface area contributed by atoms with Crippen LogP contribution in [-0.2, 0) is 10.8 Å². The number of para-hydroxylation sites is 1. The molecule has 4 nitrogen and oxygen atoms in total. The molecule has 0 atom stereocenters. The van der Waals surface area contributed by atoms with Gasteiger partial charge in [0.05, 0.1) is 37.6 Å². The van der Waals surface area contributed by atoms with E-state index >= 15 is 0 Å². The monoisotopic (exact) mass is 904 g/mol. The maximum Gasteiger partial charge on any atom is 0.149 e. The second-order valence-electron chi connectivity index (χ2n) is 20.2. The molecule has 9 rings (SSSR count). The van der Waals surface area contributed by atoms with Gasteiger partial charge in [-0.2, -0.15) is 0 Å². The maximum atomic E-state index is 12.6. The van der Waals surface area contributed by atoms with Crippen molar-refractivity contribution in [2.75, 3.05) is 0 Å². The van der Waals surface area contributed by atoms with Crippen molar-refractivity contribution in [1.82, 2.24) is 14.5 Å². The Kier molecular flexibility index (Phi) is 8.79. The fourth-order valence-electron chi connectivity index (χ4n) is 8.79. The second-order valence-corrected chi connectivity index (χ2v) is 20.2. The van der Waals surface area contributed by atoms with Gasteiger partial charge in [0, 0.05) is 29.7 Å². The molecule has 68 heavy (non-hydrogen) atoms. The van der Waals surface area contributed by atoms with Gasteiger partial charge in [-0.25, -0.2) is 4.98 Å². The summed E-state index contributed by atoms with van der Waals surface area (Å²) in [5.41, 5.74) is 9.24. The molecular weight excluding hydrogens is 827 g/mol. The highest BCUT2D eigenvalue weighted by molar-refractivity contribution is 5.98. The number of rotatable bonds is 9. The van der Waals surface area contributed by atoms with Crippen LogP contribution in [0.3, 0.4) is 0 Å². The third-order valence-corrected chi connectivity index (χ3v) is 12.7. The van der Waals surface area contributed by atoms with Crippen molar-refractivity contribution < 1.29 is 21.6 Å². The summed E-state index contributed by atoms with van der Waals surface area (Å²) in [6.45, 7) is 18.7. The number of hydrogen-bond donors (Lipinski definition) is 1. The zero-order chi connectivity index (χ0) is 58.7. The fourth-order valence-corrected chi connectivity index (χ4v) is 8.79. The molecule has 2 heterocycles. The lowest BCUT2D eigenvalue weighted by molar-refractivity contribution is 0.466. The Labute approximate surface area is 421 Å². The Morgan fingerprint density at radius 2 is 1.29 bits per heavy atom. The van der Waals surface area contributed by atoms with Crippen LogP contribution >= 0.6 is 0 Å². The van der Waals surface area contributed by atoms with Crippen LogP contribution in [0.4, 0.5) is 0 Å². The van der Waals surface area contributed by atoms with E-state index in [4.69, 9.17) is 17.3 Å². The largest absolute Gasteiger partial charge is 0.507 e. The van der Waals surface area contributed by atoms with Crippen LogP contribution in [0.25, 0.3) is 83.9 Å². The predicted octanol–water partition coefficient (Wildman–Crippen LogP) is 17.6. The second kappa shape index (κ2) is 17.9. The highest BCUT2D eigenvalue weighted by Gasteiger charge is 2.27. The van der Waals surface area contributed by atoms with E-state index in [9.17, 15) is 9.22 Å². The minimum absolute atomic E-state index is 0.0444. The van der Waals surface area contributed by atoms with Crippen LogP contribution < -0.4 is 0 Å². The molecule has 7 aromatic carbocycles. The van der Waals surface area contributed by atoms with Gasteiger partial charge >= 0.3 is 0 Å². The maximum absolute atomic E-state index is 12.6. The Morgan fingerprint density at radius 1 is 0.603 bits per heavy atom. The molecule has 342 valence electrons. The van der Waals surface area contributed by atoms with Gasteiger partial charge in [-0.15, -0.1) is 0 Å². The number of phenolic OH excluding ortho intramolecular Hbond substituents is 1. The van der Waals surface area contributed by atoms with Gasteiger partial charge < -0.3 is 5.11 Å². The SMILES string of the molecule is [2H]c1nc(-c2cc(-c3cccc4c3nc(-c3cc(C([2H])(C)C)cc(C([2H])(C)C)c3O)n4-c3cc(C)c(-c4ccc(C(C)(C)C)cc4)cc3-c3ccccc3)cc(C(C)(C)C)c2)c([2H])c(-c2c([2H])c([2H])c(C([2H])([2H])[2H])c([2H])c2[2H])c1[2H]. The van der Waals surface area contributed by atoms with E-state index in [1.807, 2.05) is 73.9 Å². The number of fused-ring (bicyclic) bond motifs is 1. The standard InChI is InChI=1S/C64H65N3O/c1-39(2)47-35-53(40(3)4)61(68)56(36-47)62-66-60-52(48-32-49(34-51(33-48)64(10,11)12)57-37-46(29-30-65-57)43-23-21-41(5)22-24-43)19-16-20-58(60)67(62)59-31-42(6)54(38-55(59)44-17-14-13-15-18-44)45-25-27-50(28-26-45)63(7,8)9/h13-40,68H,1-12H3/i5D3,21D,22D,23D,24D,29D,30D,37D,39D,40D. The number of benzene rings is 7. The molecule has 0 saturated heterocycles. The molecule has 0 aliphatic heterocycles. The summed E-state index contributed by atoms with van der Waals surface area (Å²) < 4.78 is 107. The third kappa shape index (κ3) is 8.93. The number of hydrogen-bond acceptors (Lipinski definition) is 3. The van der Waals surface area contributed by atoms with Gasteiger partial charge in [-0.1, -0.05) is 178 Å². The van der Waals surface area contributed by atoms with Crippen molar-refractivity contribution >= 4 is 11.0 Å². The van der Waals surface area contributed by atoms with Crippen molar-refractivity contribution in [3.8, 4) is 78.6 Å². The molecule has 0 aliphatic carbocycles. The summed E-state index contributed by atoms with van der Waals surface area (Å²) in [4.78, 5) is 10.00. The normalized spacial score (nSPS) is 15.2. The van der Waals surface area contributed by atoms with Gasteiger partial charge in [0.15, 0.2) is 0 Å². The number of nitrogens with zero attached hydrogens (tertiary/aromatic N) is 3. The molecule has 0 bridgehead atoms. The number of aromatic nitrogens is 3. The van der Waals surface area contributed by atoms with Crippen LogP contribution in [0.5, 0.6) is 5.75 Å². The van der Waals surface area contributed by atoms with Gasteiger partial charge in [-0.05, 0) is 146 Å². The summed E-state index contributed by atoms with van der Waals surface area (Å²) >= 11 is 0. The summed E-state index contributed by atoms with van der Waals surface area (Å²) in [6.07, 6.45) is -0.596. The Bertz CT molecular complexity index is 3920. The predicted molar refractivity (Wildman–Crippen MR) is 288 cm³/mol. The zero-order valence-electron chi connectivity index (χ0n) is 52.8. The van der Waals surface area contributed by atoms with E-state index in [-0.39, 0.29) is 16.9 Å². The van der Waals surface area contributed by atoms with Crippen molar-refractivity contribution in [3.05, 3.63) is 191 Å². The number of aryl methyl sites for hydroxylation is 1. The Morgan fingerprint density at radius 3 is 1.96 bits per heavy atom. The lowest BCUT2D eigenvalue weighted by Crippen LogP contribution is -2.11. The lowest BCUT2D eigenvalue weighted by atomic mass is 9.83. The molecule has 4 heteroatoms. The van der Waals surface area contributed by atoms with Crippen molar-refractivity contribution in [2.45, 2.75) is 106 Å².